The number of nitrogens with one attached hydrogen (secondary N) is 1. The fourth-order valence-corrected chi connectivity index (χ4v) is 4.84. The second-order valence-corrected chi connectivity index (χ2v) is 8.98. The summed E-state index contributed by atoms with van der Waals surface area (Å²) in [7, 11) is 0. The second kappa shape index (κ2) is 9.47. The molecule has 2 unspecified atom stereocenters. The molecule has 168 valence electrons. The molecule has 4 rings (SSSR count). The molecule has 1 fully saturated rings. The van der Waals surface area contributed by atoms with Gasteiger partial charge in [0.25, 0.3) is 0 Å². The van der Waals surface area contributed by atoms with E-state index in [0.717, 1.165) is 0 Å². The van der Waals surface area contributed by atoms with Crippen LogP contribution in [0, 0.1) is 5.82 Å². The van der Waals surface area contributed by atoms with Gasteiger partial charge in [-0.3, -0.25) is 14.7 Å². The Balaban J connectivity index is 1.82. The maximum absolute atomic E-state index is 13.8. The van der Waals surface area contributed by atoms with Gasteiger partial charge in [0.2, 0.25) is 0 Å². The van der Waals surface area contributed by atoms with Gasteiger partial charge in [-0.05, 0) is 31.0 Å². The summed E-state index contributed by atoms with van der Waals surface area (Å²) in [5, 5.41) is 15.1. The normalized spacial score (nSPS) is 20.9. The van der Waals surface area contributed by atoms with Crippen molar-refractivity contribution in [1.82, 2.24) is 15.2 Å². The van der Waals surface area contributed by atoms with Crippen molar-refractivity contribution in [2.24, 2.45) is 4.99 Å². The summed E-state index contributed by atoms with van der Waals surface area (Å²) in [4.78, 5) is 35.4. The van der Waals surface area contributed by atoms with Crippen LogP contribution in [-0.4, -0.2) is 58.5 Å². The third-order valence-electron chi connectivity index (χ3n) is 5.29. The molecular formula is C21H20BrFN4O4S. The number of ether oxygens (including phenoxy) is 1. The minimum Gasteiger partial charge on any atom is -0.480 e. The first-order chi connectivity index (χ1) is 15.4. The maximum Gasteiger partial charge on any atom is 0.338 e. The van der Waals surface area contributed by atoms with Gasteiger partial charge >= 0.3 is 11.9 Å². The third-order valence-corrected chi connectivity index (χ3v) is 6.76. The summed E-state index contributed by atoms with van der Waals surface area (Å²) >= 11 is 4.76. The number of amidine groups is 1. The standard InChI is InChI=1S/C21H20BrFN4O4S/c1-2-31-21(30)16-14(10-27-7-5-15(27)20(28)29)25-18(19-24-6-8-32-19)26-17(16)12-4-3-11(23)9-13(12)22/h3-4,6,8-9,15,17H,2,5,7,10H2,1H3,(H,25,26)(H,28,29). The van der Waals surface area contributed by atoms with Crippen molar-refractivity contribution >= 4 is 45.0 Å². The van der Waals surface area contributed by atoms with Crippen LogP contribution >= 0.6 is 27.3 Å². The predicted octanol–water partition coefficient (Wildman–Crippen LogP) is 3.11. The molecule has 0 bridgehead atoms. The molecular weight excluding hydrogens is 503 g/mol. The number of aromatic nitrogens is 1. The predicted molar refractivity (Wildman–Crippen MR) is 120 cm³/mol. The highest BCUT2D eigenvalue weighted by molar-refractivity contribution is 9.10. The number of likely N-dealkylation sites (tertiary alicyclic amines) is 1. The van der Waals surface area contributed by atoms with Crippen LogP contribution < -0.4 is 5.32 Å². The van der Waals surface area contributed by atoms with Crippen molar-refractivity contribution in [3.63, 3.8) is 0 Å². The highest BCUT2D eigenvalue weighted by Crippen LogP contribution is 2.37. The Labute approximate surface area is 195 Å². The van der Waals surface area contributed by atoms with Gasteiger partial charge in [-0.25, -0.2) is 14.2 Å². The lowest BCUT2D eigenvalue weighted by Gasteiger charge is -2.39. The topological polar surface area (TPSA) is 104 Å². The average molecular weight is 523 g/mol. The highest BCUT2D eigenvalue weighted by Gasteiger charge is 2.39. The molecule has 8 nitrogen and oxygen atoms in total. The molecule has 2 atom stereocenters. The molecule has 11 heteroatoms. The molecule has 0 radical (unpaired) electrons. The van der Waals surface area contributed by atoms with Crippen molar-refractivity contribution in [3.8, 4) is 0 Å². The van der Waals surface area contributed by atoms with Crippen molar-refractivity contribution in [2.75, 3.05) is 19.7 Å². The quantitative estimate of drug-likeness (QED) is 0.538. The van der Waals surface area contributed by atoms with Crippen molar-refractivity contribution in [3.05, 3.63) is 61.9 Å². The number of carboxylic acids is 1. The number of carbonyl (C=O) groups excluding carboxylic acids is 1. The van der Waals surface area contributed by atoms with Crippen LogP contribution in [0.2, 0.25) is 0 Å². The molecule has 32 heavy (non-hydrogen) atoms. The van der Waals surface area contributed by atoms with Crippen LogP contribution in [0.1, 0.15) is 30.0 Å². The molecule has 0 amide bonds. The number of aliphatic carboxylic acids is 1. The van der Waals surface area contributed by atoms with E-state index < -0.39 is 29.8 Å². The fourth-order valence-electron chi connectivity index (χ4n) is 3.68. The van der Waals surface area contributed by atoms with Gasteiger partial charge in [0.15, 0.2) is 10.8 Å². The number of carbonyl (C=O) groups is 2. The number of thiazole rings is 1. The minimum atomic E-state index is -0.906. The van der Waals surface area contributed by atoms with Gasteiger partial charge in [0.05, 0.1) is 12.2 Å². The Morgan fingerprint density at radius 2 is 2.25 bits per heavy atom. The van der Waals surface area contributed by atoms with Crippen LogP contribution in [0.25, 0.3) is 0 Å². The van der Waals surface area contributed by atoms with Crippen molar-refractivity contribution in [1.29, 1.82) is 0 Å². The summed E-state index contributed by atoms with van der Waals surface area (Å²) in [5.41, 5.74) is 1.34. The van der Waals surface area contributed by atoms with Gasteiger partial charge < -0.3 is 15.2 Å². The Morgan fingerprint density at radius 3 is 2.84 bits per heavy atom. The number of aliphatic imine (C=N–C) groups is 1. The van der Waals surface area contributed by atoms with E-state index in [2.05, 4.69) is 26.2 Å². The largest absolute Gasteiger partial charge is 0.480 e. The number of hydrogen-bond donors (Lipinski definition) is 2. The number of hydrogen-bond acceptors (Lipinski definition) is 8. The van der Waals surface area contributed by atoms with E-state index in [-0.39, 0.29) is 18.7 Å². The zero-order valence-electron chi connectivity index (χ0n) is 17.0. The molecule has 3 heterocycles. The average Bonchev–Trinajstić information content (AvgIpc) is 3.25. The molecule has 1 aromatic carbocycles. The van der Waals surface area contributed by atoms with Gasteiger partial charge in [0, 0.05) is 34.8 Å². The lowest BCUT2D eigenvalue weighted by atomic mass is 9.94. The first-order valence-electron chi connectivity index (χ1n) is 9.95. The first-order valence-corrected chi connectivity index (χ1v) is 11.6. The monoisotopic (exact) mass is 522 g/mol. The molecule has 0 spiro atoms. The molecule has 2 aliphatic rings. The van der Waals surface area contributed by atoms with E-state index in [4.69, 9.17) is 9.73 Å². The number of nitrogens with zero attached hydrogens (tertiary/aromatic N) is 3. The maximum atomic E-state index is 13.8. The number of halogens is 2. The summed E-state index contributed by atoms with van der Waals surface area (Å²) in [5.74, 6) is -1.44. The van der Waals surface area contributed by atoms with E-state index >= 15 is 0 Å². The van der Waals surface area contributed by atoms with Crippen LogP contribution in [0.15, 0.2) is 50.5 Å². The van der Waals surface area contributed by atoms with E-state index in [0.29, 0.717) is 39.5 Å². The summed E-state index contributed by atoms with van der Waals surface area (Å²) in [6.45, 7) is 2.66. The lowest BCUT2D eigenvalue weighted by Crippen LogP contribution is -2.54. The highest BCUT2D eigenvalue weighted by atomic mass is 79.9. The number of carboxylic acid groups (broad SMARTS) is 1. The molecule has 2 aromatic rings. The molecule has 0 saturated carbocycles. The van der Waals surface area contributed by atoms with Gasteiger partial charge in [-0.15, -0.1) is 11.3 Å². The number of rotatable bonds is 7. The molecule has 2 aliphatic heterocycles. The summed E-state index contributed by atoms with van der Waals surface area (Å²) in [6, 6.07) is 2.78. The molecule has 2 N–H and O–H groups in total. The van der Waals surface area contributed by atoms with E-state index in [1.807, 2.05) is 5.38 Å². The summed E-state index contributed by atoms with van der Waals surface area (Å²) < 4.78 is 19.5. The first kappa shape index (κ1) is 22.6. The number of esters is 1. The zero-order valence-corrected chi connectivity index (χ0v) is 19.5. The molecule has 0 aliphatic carbocycles. The summed E-state index contributed by atoms with van der Waals surface area (Å²) in [6.07, 6.45) is 2.19. The van der Waals surface area contributed by atoms with Crippen LogP contribution in [-0.2, 0) is 14.3 Å². The van der Waals surface area contributed by atoms with Crippen molar-refractivity contribution in [2.45, 2.75) is 25.4 Å². The van der Waals surface area contributed by atoms with E-state index in [1.54, 1.807) is 24.1 Å². The zero-order chi connectivity index (χ0) is 22.8. The third kappa shape index (κ3) is 4.45. The second-order valence-electron chi connectivity index (χ2n) is 7.23. The van der Waals surface area contributed by atoms with E-state index in [1.165, 1.54) is 23.5 Å². The van der Waals surface area contributed by atoms with Gasteiger partial charge in [-0.1, -0.05) is 22.0 Å². The van der Waals surface area contributed by atoms with Crippen LogP contribution in [0.3, 0.4) is 0 Å². The van der Waals surface area contributed by atoms with E-state index in [9.17, 15) is 19.1 Å². The van der Waals surface area contributed by atoms with Gasteiger partial charge in [-0.2, -0.15) is 0 Å². The lowest BCUT2D eigenvalue weighted by molar-refractivity contribution is -0.147. The van der Waals surface area contributed by atoms with Crippen LogP contribution in [0.5, 0.6) is 0 Å². The Hall–Kier alpha value is -2.63. The van der Waals surface area contributed by atoms with Crippen molar-refractivity contribution < 1.29 is 23.8 Å². The smallest absolute Gasteiger partial charge is 0.338 e. The Kier molecular flexibility index (Phi) is 6.68. The van der Waals surface area contributed by atoms with Gasteiger partial charge in [0.1, 0.15) is 17.9 Å². The SMILES string of the molecule is CCOC(=O)C1=C(CN2CCC2C(=O)O)NC(c2nccs2)=NC1c1ccc(F)cc1Br. The number of benzene rings is 1. The molecule has 1 aromatic heterocycles. The Morgan fingerprint density at radius 1 is 1.44 bits per heavy atom. The molecule has 1 saturated heterocycles. The minimum absolute atomic E-state index is 0.164. The Bertz CT molecular complexity index is 1110. The fraction of sp³-hybridized carbons (Fsp3) is 0.333. The van der Waals surface area contributed by atoms with Crippen LogP contribution in [0.4, 0.5) is 4.39 Å².